The molecule has 1 saturated carbocycles. The van der Waals surface area contributed by atoms with Crippen LogP contribution in [0.4, 0.5) is 0 Å². The van der Waals surface area contributed by atoms with Crippen molar-refractivity contribution in [3.05, 3.63) is 48.3 Å². The average molecular weight is 297 g/mol. The van der Waals surface area contributed by atoms with E-state index < -0.39 is 0 Å². The summed E-state index contributed by atoms with van der Waals surface area (Å²) in [6, 6.07) is 9.87. The van der Waals surface area contributed by atoms with Gasteiger partial charge < -0.3 is 5.32 Å². The van der Waals surface area contributed by atoms with Crippen molar-refractivity contribution in [1.82, 2.24) is 25.9 Å². The van der Waals surface area contributed by atoms with E-state index in [1.807, 2.05) is 37.3 Å². The highest BCUT2D eigenvalue weighted by Crippen LogP contribution is 2.49. The molecule has 3 rings (SSSR count). The molecule has 0 aliphatic heterocycles. The number of tetrazole rings is 1. The van der Waals surface area contributed by atoms with E-state index in [9.17, 15) is 4.79 Å². The third kappa shape index (κ3) is 2.77. The molecule has 1 aromatic carbocycles. The lowest BCUT2D eigenvalue weighted by Gasteiger charge is -2.42. The van der Waals surface area contributed by atoms with Crippen LogP contribution in [0.1, 0.15) is 37.1 Å². The van der Waals surface area contributed by atoms with Crippen molar-refractivity contribution in [3.63, 3.8) is 0 Å². The van der Waals surface area contributed by atoms with E-state index >= 15 is 0 Å². The Morgan fingerprint density at radius 2 is 2.14 bits per heavy atom. The number of nitrogens with one attached hydrogen (secondary N) is 2. The Bertz CT molecular complexity index is 659. The highest BCUT2D eigenvalue weighted by molar-refractivity contribution is 5.85. The fourth-order valence-electron chi connectivity index (χ4n) is 2.91. The largest absolute Gasteiger partial charge is 0.352 e. The van der Waals surface area contributed by atoms with Gasteiger partial charge in [0.15, 0.2) is 5.82 Å². The second kappa shape index (κ2) is 5.71. The van der Waals surface area contributed by atoms with Gasteiger partial charge in [-0.05, 0) is 24.0 Å². The van der Waals surface area contributed by atoms with Gasteiger partial charge in [-0.2, -0.15) is 5.21 Å². The third-order valence-corrected chi connectivity index (χ3v) is 4.31. The summed E-state index contributed by atoms with van der Waals surface area (Å²) in [6.45, 7) is 6.47. The van der Waals surface area contributed by atoms with Gasteiger partial charge in [-0.1, -0.05) is 49.0 Å². The second-order valence-corrected chi connectivity index (χ2v) is 6.09. The van der Waals surface area contributed by atoms with Gasteiger partial charge in [-0.25, -0.2) is 0 Å². The minimum Gasteiger partial charge on any atom is -0.352 e. The van der Waals surface area contributed by atoms with E-state index in [0.29, 0.717) is 12.4 Å². The molecule has 0 saturated heterocycles. The van der Waals surface area contributed by atoms with Gasteiger partial charge in [0.05, 0.1) is 0 Å². The molecule has 1 heterocycles. The van der Waals surface area contributed by atoms with Gasteiger partial charge in [0.25, 0.3) is 0 Å². The number of nitrogens with zero attached hydrogens (tertiary/aromatic N) is 3. The standard InChI is InChI=1S/C16H19N5O/c1-11(12-6-4-3-5-7-12)10-17-15(22)16(2)8-13(9-16)14-18-20-21-19-14/h3-7,13H,1,8-10H2,2H3,(H,17,22)(H,18,19,20,21). The molecule has 0 unspecified atom stereocenters. The molecule has 2 N–H and O–H groups in total. The van der Waals surface area contributed by atoms with E-state index in [2.05, 4.69) is 32.5 Å². The Hall–Kier alpha value is -2.50. The quantitative estimate of drug-likeness (QED) is 0.883. The first-order valence-electron chi connectivity index (χ1n) is 7.33. The van der Waals surface area contributed by atoms with Crippen LogP contribution in [0.25, 0.3) is 5.57 Å². The molecule has 0 spiro atoms. The summed E-state index contributed by atoms with van der Waals surface area (Å²) in [5, 5.41) is 17.0. The predicted molar refractivity (Wildman–Crippen MR) is 82.7 cm³/mol. The molecule has 1 aliphatic rings. The fourth-order valence-corrected chi connectivity index (χ4v) is 2.91. The smallest absolute Gasteiger partial charge is 0.226 e. The van der Waals surface area contributed by atoms with Crippen molar-refractivity contribution >= 4 is 11.5 Å². The average Bonchev–Trinajstić information content (AvgIpc) is 3.04. The van der Waals surface area contributed by atoms with E-state index in [1.165, 1.54) is 0 Å². The number of rotatable bonds is 5. The molecular formula is C16H19N5O. The van der Waals surface area contributed by atoms with Crippen LogP contribution < -0.4 is 5.32 Å². The maximum absolute atomic E-state index is 12.4. The number of amides is 1. The number of hydrogen-bond donors (Lipinski definition) is 2. The van der Waals surface area contributed by atoms with E-state index in [4.69, 9.17) is 0 Å². The number of carbonyl (C=O) groups excluding carboxylic acids is 1. The molecule has 1 amide bonds. The maximum Gasteiger partial charge on any atom is 0.226 e. The van der Waals surface area contributed by atoms with E-state index in [0.717, 1.165) is 24.0 Å². The van der Waals surface area contributed by atoms with Crippen LogP contribution in [-0.2, 0) is 4.79 Å². The van der Waals surface area contributed by atoms with E-state index in [1.54, 1.807) is 0 Å². The van der Waals surface area contributed by atoms with Crippen LogP contribution in [0.15, 0.2) is 36.9 Å². The molecule has 6 nitrogen and oxygen atoms in total. The lowest BCUT2D eigenvalue weighted by molar-refractivity contribution is -0.135. The Kier molecular flexibility index (Phi) is 3.75. The highest BCUT2D eigenvalue weighted by atomic mass is 16.2. The minimum atomic E-state index is -0.359. The van der Waals surface area contributed by atoms with Crippen LogP contribution in [0.2, 0.25) is 0 Å². The van der Waals surface area contributed by atoms with Crippen LogP contribution in [0, 0.1) is 5.41 Å². The summed E-state index contributed by atoms with van der Waals surface area (Å²) < 4.78 is 0. The molecule has 2 aromatic rings. The topological polar surface area (TPSA) is 83.6 Å². The summed E-state index contributed by atoms with van der Waals surface area (Å²) in [7, 11) is 0. The van der Waals surface area contributed by atoms with E-state index in [-0.39, 0.29) is 17.2 Å². The van der Waals surface area contributed by atoms with Crippen molar-refractivity contribution in [3.8, 4) is 0 Å². The van der Waals surface area contributed by atoms with Crippen molar-refractivity contribution < 1.29 is 4.79 Å². The summed E-state index contributed by atoms with van der Waals surface area (Å²) in [4.78, 5) is 12.4. The van der Waals surface area contributed by atoms with Crippen LogP contribution in [0.5, 0.6) is 0 Å². The van der Waals surface area contributed by atoms with Crippen molar-refractivity contribution in [1.29, 1.82) is 0 Å². The van der Waals surface area contributed by atoms with Crippen molar-refractivity contribution in [2.45, 2.75) is 25.7 Å². The SMILES string of the molecule is C=C(CNC(=O)C1(C)CC(c2nn[nH]n2)C1)c1ccccc1. The molecule has 0 radical (unpaired) electrons. The maximum atomic E-state index is 12.4. The monoisotopic (exact) mass is 297 g/mol. The zero-order valence-electron chi connectivity index (χ0n) is 12.5. The minimum absolute atomic E-state index is 0.0596. The van der Waals surface area contributed by atoms with Gasteiger partial charge in [0.2, 0.25) is 5.91 Å². The third-order valence-electron chi connectivity index (χ3n) is 4.31. The highest BCUT2D eigenvalue weighted by Gasteiger charge is 2.48. The molecule has 1 fully saturated rings. The zero-order chi connectivity index (χ0) is 15.6. The Labute approximate surface area is 129 Å². The van der Waals surface area contributed by atoms with Crippen LogP contribution in [-0.4, -0.2) is 33.1 Å². The van der Waals surface area contributed by atoms with Crippen LogP contribution in [0.3, 0.4) is 0 Å². The first kappa shape index (κ1) is 14.4. The van der Waals surface area contributed by atoms with Crippen LogP contribution >= 0.6 is 0 Å². The van der Waals surface area contributed by atoms with Gasteiger partial charge in [-0.3, -0.25) is 4.79 Å². The van der Waals surface area contributed by atoms with Gasteiger partial charge >= 0.3 is 0 Å². The summed E-state index contributed by atoms with van der Waals surface area (Å²) in [5.74, 6) is 0.968. The molecule has 6 heteroatoms. The number of aromatic nitrogens is 4. The summed E-state index contributed by atoms with van der Waals surface area (Å²) >= 11 is 0. The van der Waals surface area contributed by atoms with Gasteiger partial charge in [-0.15, -0.1) is 10.2 Å². The molecule has 22 heavy (non-hydrogen) atoms. The zero-order valence-corrected chi connectivity index (χ0v) is 12.5. The lowest BCUT2D eigenvalue weighted by atomic mass is 9.62. The van der Waals surface area contributed by atoms with Crippen molar-refractivity contribution in [2.24, 2.45) is 5.41 Å². The Morgan fingerprint density at radius 1 is 1.41 bits per heavy atom. The lowest BCUT2D eigenvalue weighted by Crippen LogP contribution is -2.47. The molecule has 0 bridgehead atoms. The number of H-pyrrole nitrogens is 1. The first-order chi connectivity index (χ1) is 10.6. The molecule has 114 valence electrons. The number of aromatic amines is 1. The fraction of sp³-hybridized carbons (Fsp3) is 0.375. The molecule has 1 aliphatic carbocycles. The molecule has 0 atom stereocenters. The molecule has 1 aromatic heterocycles. The van der Waals surface area contributed by atoms with Gasteiger partial charge in [0.1, 0.15) is 0 Å². The van der Waals surface area contributed by atoms with Crippen molar-refractivity contribution in [2.75, 3.05) is 6.54 Å². The number of hydrogen-bond acceptors (Lipinski definition) is 4. The Balaban J connectivity index is 1.52. The number of benzene rings is 1. The number of carbonyl (C=O) groups is 1. The summed E-state index contributed by atoms with van der Waals surface area (Å²) in [6.07, 6.45) is 1.49. The first-order valence-corrected chi connectivity index (χ1v) is 7.33. The molecular weight excluding hydrogens is 278 g/mol. The predicted octanol–water partition coefficient (Wildman–Crippen LogP) is 1.91. The summed E-state index contributed by atoms with van der Waals surface area (Å²) in [5.41, 5.74) is 1.60. The normalized spacial score (nSPS) is 23.6. The Morgan fingerprint density at radius 3 is 2.77 bits per heavy atom. The second-order valence-electron chi connectivity index (χ2n) is 6.09. The van der Waals surface area contributed by atoms with Gasteiger partial charge in [0, 0.05) is 17.9 Å².